The Bertz CT molecular complexity index is 606. The summed E-state index contributed by atoms with van der Waals surface area (Å²) < 4.78 is 6.80. The van der Waals surface area contributed by atoms with Crippen LogP contribution in [0.2, 0.25) is 0 Å². The second kappa shape index (κ2) is 8.62. The number of amides is 2. The van der Waals surface area contributed by atoms with Crippen LogP contribution < -0.4 is 0 Å². The van der Waals surface area contributed by atoms with Gasteiger partial charge in [0.1, 0.15) is 12.7 Å². The zero-order chi connectivity index (χ0) is 18.4. The lowest BCUT2D eigenvalue weighted by Crippen LogP contribution is -2.55. The van der Waals surface area contributed by atoms with E-state index in [4.69, 9.17) is 4.74 Å². The van der Waals surface area contributed by atoms with E-state index in [-0.39, 0.29) is 17.2 Å². The Morgan fingerprint density at radius 3 is 2.96 bits per heavy atom. The van der Waals surface area contributed by atoms with Crippen LogP contribution in [0.15, 0.2) is 12.7 Å². The highest BCUT2D eigenvalue weighted by atomic mass is 16.5. The molecule has 1 aromatic heterocycles. The number of aromatic nitrogens is 3. The van der Waals surface area contributed by atoms with Crippen LogP contribution >= 0.6 is 0 Å². The van der Waals surface area contributed by atoms with Gasteiger partial charge in [-0.15, -0.1) is 0 Å². The number of hydrogen-bond acceptors (Lipinski definition) is 5. The molecule has 0 bridgehead atoms. The highest BCUT2D eigenvalue weighted by molar-refractivity contribution is 5.78. The summed E-state index contributed by atoms with van der Waals surface area (Å²) in [7, 11) is 1.68. The molecule has 144 valence electrons. The Labute approximate surface area is 154 Å². The van der Waals surface area contributed by atoms with Gasteiger partial charge < -0.3 is 14.5 Å². The molecule has 2 saturated heterocycles. The fourth-order valence-corrected chi connectivity index (χ4v) is 4.18. The van der Waals surface area contributed by atoms with Crippen molar-refractivity contribution in [2.75, 3.05) is 39.9 Å². The van der Waals surface area contributed by atoms with Gasteiger partial charge in [0.25, 0.3) is 0 Å². The van der Waals surface area contributed by atoms with Crippen molar-refractivity contribution in [2.45, 2.75) is 45.1 Å². The van der Waals surface area contributed by atoms with Crippen molar-refractivity contribution in [2.24, 2.45) is 5.41 Å². The van der Waals surface area contributed by atoms with Gasteiger partial charge in [-0.3, -0.25) is 14.3 Å². The Kier molecular flexibility index (Phi) is 6.24. The lowest BCUT2D eigenvalue weighted by molar-refractivity contribution is -0.143. The summed E-state index contributed by atoms with van der Waals surface area (Å²) in [6.45, 7) is 4.32. The monoisotopic (exact) mass is 363 g/mol. The molecule has 2 aliphatic rings. The molecule has 1 aromatic rings. The van der Waals surface area contributed by atoms with Gasteiger partial charge >= 0.3 is 0 Å². The van der Waals surface area contributed by atoms with Crippen molar-refractivity contribution in [3.63, 3.8) is 0 Å². The zero-order valence-corrected chi connectivity index (χ0v) is 15.6. The molecule has 8 nitrogen and oxygen atoms in total. The first-order chi connectivity index (χ1) is 12.6. The molecular weight excluding hydrogens is 334 g/mol. The van der Waals surface area contributed by atoms with Crippen LogP contribution in [0.4, 0.5) is 0 Å². The summed E-state index contributed by atoms with van der Waals surface area (Å²) in [6, 6.07) is 0. The summed E-state index contributed by atoms with van der Waals surface area (Å²) in [6.07, 6.45) is 8.00. The minimum Gasteiger partial charge on any atom is -0.385 e. The second-order valence-corrected chi connectivity index (χ2v) is 7.49. The van der Waals surface area contributed by atoms with Crippen molar-refractivity contribution in [1.29, 1.82) is 0 Å². The zero-order valence-electron chi connectivity index (χ0n) is 15.6. The predicted molar refractivity (Wildman–Crippen MR) is 95.2 cm³/mol. The van der Waals surface area contributed by atoms with Crippen molar-refractivity contribution in [1.82, 2.24) is 24.6 Å². The quantitative estimate of drug-likeness (QED) is 0.674. The van der Waals surface area contributed by atoms with Crippen molar-refractivity contribution < 1.29 is 14.3 Å². The number of aryl methyl sites for hydroxylation is 1. The summed E-state index contributed by atoms with van der Waals surface area (Å²) in [5.74, 6) is 0.406. The molecule has 2 amide bonds. The number of piperidine rings is 2. The standard InChI is InChI=1S/C18H29N5O3/c1-26-11-3-9-22-13-18(7-4-16(22)24)6-2-8-21(12-18)17(25)5-10-23-15-19-14-20-23/h14-15H,2-13H2,1H3/t18-/m0/s1. The number of hydrogen-bond donors (Lipinski definition) is 0. The number of nitrogens with zero attached hydrogens (tertiary/aromatic N) is 5. The van der Waals surface area contributed by atoms with Crippen LogP contribution in [0, 0.1) is 5.41 Å². The highest BCUT2D eigenvalue weighted by Crippen LogP contribution is 2.39. The van der Waals surface area contributed by atoms with Crippen LogP contribution in [-0.4, -0.2) is 76.3 Å². The minimum absolute atomic E-state index is 0.0577. The van der Waals surface area contributed by atoms with E-state index in [0.717, 1.165) is 51.9 Å². The Balaban J connectivity index is 1.55. The lowest BCUT2D eigenvalue weighted by Gasteiger charge is -2.48. The first-order valence-electron chi connectivity index (χ1n) is 9.49. The van der Waals surface area contributed by atoms with Gasteiger partial charge in [-0.1, -0.05) is 0 Å². The van der Waals surface area contributed by atoms with E-state index in [0.29, 0.717) is 26.0 Å². The third kappa shape index (κ3) is 4.60. The third-order valence-corrected chi connectivity index (χ3v) is 5.56. The van der Waals surface area contributed by atoms with Gasteiger partial charge in [0.05, 0.1) is 6.54 Å². The molecule has 0 aliphatic carbocycles. The average molecular weight is 363 g/mol. The molecule has 0 radical (unpaired) electrons. The third-order valence-electron chi connectivity index (χ3n) is 5.56. The largest absolute Gasteiger partial charge is 0.385 e. The number of ether oxygens (including phenoxy) is 1. The van der Waals surface area contributed by atoms with Gasteiger partial charge in [-0.2, -0.15) is 5.10 Å². The van der Waals surface area contributed by atoms with E-state index >= 15 is 0 Å². The molecule has 2 fully saturated rings. The van der Waals surface area contributed by atoms with E-state index in [1.165, 1.54) is 6.33 Å². The summed E-state index contributed by atoms with van der Waals surface area (Å²) in [4.78, 5) is 32.8. The lowest BCUT2D eigenvalue weighted by atomic mass is 9.73. The smallest absolute Gasteiger partial charge is 0.224 e. The van der Waals surface area contributed by atoms with Crippen LogP contribution in [0.25, 0.3) is 0 Å². The maximum Gasteiger partial charge on any atom is 0.224 e. The molecule has 26 heavy (non-hydrogen) atoms. The minimum atomic E-state index is 0.0577. The van der Waals surface area contributed by atoms with E-state index in [1.807, 2.05) is 9.80 Å². The maximum atomic E-state index is 12.6. The molecule has 1 spiro atoms. The maximum absolute atomic E-state index is 12.6. The van der Waals surface area contributed by atoms with E-state index in [1.54, 1.807) is 18.1 Å². The Morgan fingerprint density at radius 2 is 2.19 bits per heavy atom. The topological polar surface area (TPSA) is 80.6 Å². The fraction of sp³-hybridized carbons (Fsp3) is 0.778. The second-order valence-electron chi connectivity index (χ2n) is 7.49. The number of carbonyl (C=O) groups is 2. The molecule has 8 heteroatoms. The predicted octanol–water partition coefficient (Wildman–Crippen LogP) is 0.936. The molecule has 3 heterocycles. The molecule has 1 atom stereocenters. The molecule has 0 N–H and O–H groups in total. The van der Waals surface area contributed by atoms with Crippen molar-refractivity contribution in [3.05, 3.63) is 12.7 Å². The molecule has 0 aromatic carbocycles. The molecule has 2 aliphatic heterocycles. The van der Waals surface area contributed by atoms with Crippen LogP contribution in [-0.2, 0) is 20.9 Å². The average Bonchev–Trinajstić information content (AvgIpc) is 3.17. The highest BCUT2D eigenvalue weighted by Gasteiger charge is 2.42. The van der Waals surface area contributed by atoms with Gasteiger partial charge in [0.2, 0.25) is 11.8 Å². The molecular formula is C18H29N5O3. The summed E-state index contributed by atoms with van der Waals surface area (Å²) in [5, 5.41) is 4.05. The van der Waals surface area contributed by atoms with Gasteiger partial charge in [0.15, 0.2) is 0 Å². The van der Waals surface area contributed by atoms with Crippen LogP contribution in [0.3, 0.4) is 0 Å². The fourth-order valence-electron chi connectivity index (χ4n) is 4.18. The number of rotatable bonds is 7. The Hall–Kier alpha value is -1.96. The van der Waals surface area contributed by atoms with E-state index in [2.05, 4.69) is 10.1 Å². The SMILES string of the molecule is COCCCN1C[C@@]2(CCCN(C(=O)CCn3cncn3)C2)CCC1=O. The number of carbonyl (C=O) groups excluding carboxylic acids is 2. The Morgan fingerprint density at radius 1 is 1.31 bits per heavy atom. The van der Waals surface area contributed by atoms with Gasteiger partial charge in [-0.25, -0.2) is 4.98 Å². The summed E-state index contributed by atoms with van der Waals surface area (Å²) in [5.41, 5.74) is 0.0577. The number of methoxy groups -OCH3 is 1. The summed E-state index contributed by atoms with van der Waals surface area (Å²) >= 11 is 0. The normalized spacial score (nSPS) is 23.7. The molecule has 0 saturated carbocycles. The van der Waals surface area contributed by atoms with E-state index < -0.39 is 0 Å². The molecule has 0 unspecified atom stereocenters. The van der Waals surface area contributed by atoms with Crippen LogP contribution in [0.1, 0.15) is 38.5 Å². The van der Waals surface area contributed by atoms with E-state index in [9.17, 15) is 9.59 Å². The van der Waals surface area contributed by atoms with Crippen molar-refractivity contribution >= 4 is 11.8 Å². The molecule has 3 rings (SSSR count). The van der Waals surface area contributed by atoms with Gasteiger partial charge in [0, 0.05) is 58.2 Å². The van der Waals surface area contributed by atoms with Crippen molar-refractivity contribution in [3.8, 4) is 0 Å². The van der Waals surface area contributed by atoms with Gasteiger partial charge in [-0.05, 0) is 25.7 Å². The first kappa shape index (κ1) is 18.8. The first-order valence-corrected chi connectivity index (χ1v) is 9.49. The van der Waals surface area contributed by atoms with Crippen LogP contribution in [0.5, 0.6) is 0 Å². The number of likely N-dealkylation sites (tertiary alicyclic amines) is 2.